The van der Waals surface area contributed by atoms with E-state index in [1.54, 1.807) is 4.68 Å². The zero-order chi connectivity index (χ0) is 17.6. The lowest BCUT2D eigenvalue weighted by atomic mass is 9.97. The molecule has 0 saturated carbocycles. The van der Waals surface area contributed by atoms with Crippen molar-refractivity contribution in [2.24, 2.45) is 0 Å². The van der Waals surface area contributed by atoms with E-state index in [4.69, 9.17) is 5.73 Å². The summed E-state index contributed by atoms with van der Waals surface area (Å²) in [4.78, 5) is 13.3. The Labute approximate surface area is 147 Å². The highest BCUT2D eigenvalue weighted by atomic mass is 16.2. The molecule has 2 aromatic heterocycles. The molecule has 2 heterocycles. The molecule has 5 heteroatoms. The molecule has 2 N–H and O–H groups in total. The average molecular weight is 336 g/mol. The minimum Gasteiger partial charge on any atom is -0.382 e. The van der Waals surface area contributed by atoms with Crippen molar-refractivity contribution in [1.82, 2.24) is 14.3 Å². The van der Waals surface area contributed by atoms with Crippen LogP contribution in [0.2, 0.25) is 0 Å². The minimum atomic E-state index is -0.0728. The van der Waals surface area contributed by atoms with Gasteiger partial charge in [-0.05, 0) is 57.2 Å². The van der Waals surface area contributed by atoms with Crippen molar-refractivity contribution < 1.29 is 4.79 Å². The van der Waals surface area contributed by atoms with E-state index in [1.165, 1.54) is 5.69 Å². The summed E-state index contributed by atoms with van der Waals surface area (Å²) in [5.41, 5.74) is 11.2. The number of benzene rings is 1. The maximum atomic E-state index is 13.3. The van der Waals surface area contributed by atoms with Crippen molar-refractivity contribution in [2.45, 2.75) is 52.5 Å². The summed E-state index contributed by atoms with van der Waals surface area (Å²) in [5.74, 6) is 0.437. The zero-order valence-electron chi connectivity index (χ0n) is 14.9. The molecule has 25 heavy (non-hydrogen) atoms. The van der Waals surface area contributed by atoms with Crippen LogP contribution < -0.4 is 5.73 Å². The number of nitrogen functional groups attached to an aromatic ring is 1. The number of hydrogen-bond donors (Lipinski definition) is 1. The predicted molar refractivity (Wildman–Crippen MR) is 100.0 cm³/mol. The van der Waals surface area contributed by atoms with Gasteiger partial charge in [-0.3, -0.25) is 4.79 Å². The van der Waals surface area contributed by atoms with E-state index in [2.05, 4.69) is 35.6 Å². The van der Waals surface area contributed by atoms with Crippen LogP contribution in [0.5, 0.6) is 0 Å². The summed E-state index contributed by atoms with van der Waals surface area (Å²) in [6, 6.07) is 8.09. The number of nitrogens with two attached hydrogens (primary N) is 1. The molecule has 130 valence electrons. The Bertz CT molecular complexity index is 964. The fraction of sp³-hybridized carbons (Fsp3) is 0.400. The number of fused-ring (bicyclic) bond motifs is 2. The Balaban J connectivity index is 1.88. The molecule has 0 bridgehead atoms. The molecule has 0 radical (unpaired) electrons. The Kier molecular flexibility index (Phi) is 3.86. The molecule has 3 aromatic rings. The largest absolute Gasteiger partial charge is 0.382 e. The molecule has 0 spiro atoms. The SMILES string of the molecule is CCc1cc2c(C(=O)n3nc(N)c4c3CCCC4)cccc2n1CC. The molecule has 0 amide bonds. The first-order valence-electron chi connectivity index (χ1n) is 9.17. The monoisotopic (exact) mass is 336 g/mol. The predicted octanol–water partition coefficient (Wildman–Crippen LogP) is 3.57. The lowest BCUT2D eigenvalue weighted by Gasteiger charge is -2.13. The Morgan fingerprint density at radius 2 is 2.04 bits per heavy atom. The molecule has 0 atom stereocenters. The van der Waals surface area contributed by atoms with E-state index >= 15 is 0 Å². The van der Waals surface area contributed by atoms with Crippen LogP contribution in [0.15, 0.2) is 24.3 Å². The van der Waals surface area contributed by atoms with Gasteiger partial charge in [-0.25, -0.2) is 0 Å². The van der Waals surface area contributed by atoms with Gasteiger partial charge in [-0.2, -0.15) is 4.68 Å². The normalized spacial score (nSPS) is 14.0. The fourth-order valence-corrected chi connectivity index (χ4v) is 4.10. The lowest BCUT2D eigenvalue weighted by Crippen LogP contribution is -2.18. The summed E-state index contributed by atoms with van der Waals surface area (Å²) in [6.45, 7) is 5.18. The molecule has 5 nitrogen and oxygen atoms in total. The van der Waals surface area contributed by atoms with Crippen LogP contribution in [0, 0.1) is 0 Å². The second-order valence-electron chi connectivity index (χ2n) is 6.71. The van der Waals surface area contributed by atoms with Crippen molar-refractivity contribution in [3.8, 4) is 0 Å². The molecule has 1 aromatic carbocycles. The average Bonchev–Trinajstić information content (AvgIpc) is 3.18. The lowest BCUT2D eigenvalue weighted by molar-refractivity contribution is 0.0943. The van der Waals surface area contributed by atoms with Gasteiger partial charge in [0, 0.05) is 28.7 Å². The zero-order valence-corrected chi connectivity index (χ0v) is 14.9. The number of aromatic nitrogens is 3. The molecule has 1 aliphatic rings. The summed E-state index contributed by atoms with van der Waals surface area (Å²) in [6.07, 6.45) is 4.94. The first-order chi connectivity index (χ1) is 12.2. The number of carbonyl (C=O) groups excluding carboxylic acids is 1. The Hall–Kier alpha value is -2.56. The van der Waals surface area contributed by atoms with E-state index in [0.717, 1.165) is 60.8 Å². The van der Waals surface area contributed by atoms with Crippen molar-refractivity contribution in [3.05, 3.63) is 46.8 Å². The standard InChI is InChI=1S/C20H24N4O/c1-3-13-12-16-14(9-7-11-17(16)23(13)4-2)20(25)24-18-10-6-5-8-15(18)19(21)22-24/h7,9,11-12H,3-6,8,10H2,1-2H3,(H2,21,22). The molecule has 0 saturated heterocycles. The summed E-state index contributed by atoms with van der Waals surface area (Å²) < 4.78 is 3.83. The van der Waals surface area contributed by atoms with Crippen LogP contribution >= 0.6 is 0 Å². The van der Waals surface area contributed by atoms with Gasteiger partial charge in [0.25, 0.3) is 5.91 Å². The second kappa shape index (κ2) is 6.06. The van der Waals surface area contributed by atoms with Crippen molar-refractivity contribution in [3.63, 3.8) is 0 Å². The van der Waals surface area contributed by atoms with Crippen LogP contribution in [-0.2, 0) is 25.8 Å². The number of carbonyl (C=O) groups is 1. The van der Waals surface area contributed by atoms with Gasteiger partial charge in [0.2, 0.25) is 0 Å². The number of hydrogen-bond acceptors (Lipinski definition) is 3. The van der Waals surface area contributed by atoms with E-state index in [9.17, 15) is 4.79 Å². The highest BCUT2D eigenvalue weighted by Crippen LogP contribution is 2.29. The number of anilines is 1. The summed E-state index contributed by atoms with van der Waals surface area (Å²) >= 11 is 0. The maximum absolute atomic E-state index is 13.3. The van der Waals surface area contributed by atoms with Crippen LogP contribution in [0.25, 0.3) is 10.9 Å². The molecule has 1 aliphatic carbocycles. The van der Waals surface area contributed by atoms with Gasteiger partial charge in [0.15, 0.2) is 0 Å². The van der Waals surface area contributed by atoms with Crippen LogP contribution in [-0.4, -0.2) is 20.3 Å². The smallest absolute Gasteiger partial charge is 0.279 e. The fourth-order valence-electron chi connectivity index (χ4n) is 4.10. The van der Waals surface area contributed by atoms with Crippen LogP contribution in [0.4, 0.5) is 5.82 Å². The summed E-state index contributed by atoms with van der Waals surface area (Å²) in [5, 5.41) is 5.39. The third-order valence-corrected chi connectivity index (χ3v) is 5.34. The Morgan fingerprint density at radius 3 is 2.80 bits per heavy atom. The highest BCUT2D eigenvalue weighted by Gasteiger charge is 2.25. The molecule has 0 aliphatic heterocycles. The van der Waals surface area contributed by atoms with E-state index in [-0.39, 0.29) is 5.91 Å². The van der Waals surface area contributed by atoms with Gasteiger partial charge >= 0.3 is 0 Å². The molecule has 0 fully saturated rings. The van der Waals surface area contributed by atoms with Crippen molar-refractivity contribution in [2.75, 3.05) is 5.73 Å². The number of nitrogens with zero attached hydrogens (tertiary/aromatic N) is 3. The van der Waals surface area contributed by atoms with E-state index in [1.807, 2.05) is 12.1 Å². The van der Waals surface area contributed by atoms with Gasteiger partial charge in [0.05, 0.1) is 11.3 Å². The topological polar surface area (TPSA) is 65.8 Å². The van der Waals surface area contributed by atoms with E-state index < -0.39 is 0 Å². The van der Waals surface area contributed by atoms with Crippen LogP contribution in [0.3, 0.4) is 0 Å². The second-order valence-corrected chi connectivity index (χ2v) is 6.71. The van der Waals surface area contributed by atoms with Crippen molar-refractivity contribution >= 4 is 22.6 Å². The summed E-state index contributed by atoms with van der Waals surface area (Å²) in [7, 11) is 0. The van der Waals surface area contributed by atoms with Gasteiger partial charge in [0.1, 0.15) is 5.82 Å². The Morgan fingerprint density at radius 1 is 1.24 bits per heavy atom. The molecular weight excluding hydrogens is 312 g/mol. The quantitative estimate of drug-likeness (QED) is 0.795. The third-order valence-electron chi connectivity index (χ3n) is 5.34. The van der Waals surface area contributed by atoms with Gasteiger partial charge in [-0.15, -0.1) is 5.10 Å². The first-order valence-corrected chi connectivity index (χ1v) is 9.17. The van der Waals surface area contributed by atoms with E-state index in [0.29, 0.717) is 11.4 Å². The maximum Gasteiger partial charge on any atom is 0.279 e. The first kappa shape index (κ1) is 15.9. The third kappa shape index (κ3) is 2.37. The van der Waals surface area contributed by atoms with Gasteiger partial charge < -0.3 is 10.3 Å². The molecular formula is C20H24N4O. The van der Waals surface area contributed by atoms with Crippen molar-refractivity contribution in [1.29, 1.82) is 0 Å². The number of rotatable bonds is 3. The number of aryl methyl sites for hydroxylation is 2. The van der Waals surface area contributed by atoms with Crippen LogP contribution in [0.1, 0.15) is 54.0 Å². The van der Waals surface area contributed by atoms with Gasteiger partial charge in [-0.1, -0.05) is 13.0 Å². The minimum absolute atomic E-state index is 0.0728. The molecule has 0 unspecified atom stereocenters. The highest BCUT2D eigenvalue weighted by molar-refractivity contribution is 6.08. The molecule has 4 rings (SSSR count).